The van der Waals surface area contributed by atoms with Crippen molar-refractivity contribution in [1.82, 2.24) is 14.9 Å². The molecule has 3 aromatic rings. The summed E-state index contributed by atoms with van der Waals surface area (Å²) < 4.78 is 11.5. The molecule has 0 amide bonds. The molecule has 3 fully saturated rings. The molecule has 0 bridgehead atoms. The lowest BCUT2D eigenvalue weighted by Crippen LogP contribution is -2.47. The monoisotopic (exact) mass is 496 g/mol. The number of piperazine rings is 1. The molecular formula is C29H32N6O2. The molecule has 3 heterocycles. The van der Waals surface area contributed by atoms with Crippen molar-refractivity contribution >= 4 is 17.3 Å². The molecule has 1 saturated carbocycles. The minimum absolute atomic E-state index is 0.0836. The van der Waals surface area contributed by atoms with E-state index in [2.05, 4.69) is 50.4 Å². The molecule has 37 heavy (non-hydrogen) atoms. The lowest BCUT2D eigenvalue weighted by atomic mass is 10.1. The lowest BCUT2D eigenvalue weighted by molar-refractivity contribution is 0.0254. The summed E-state index contributed by atoms with van der Waals surface area (Å²) in [4.78, 5) is 14.2. The van der Waals surface area contributed by atoms with Gasteiger partial charge < -0.3 is 19.7 Å². The van der Waals surface area contributed by atoms with Crippen LogP contribution in [0.4, 0.5) is 17.3 Å². The summed E-state index contributed by atoms with van der Waals surface area (Å²) in [7, 11) is 0. The Bertz CT molecular complexity index is 1260. The Hall–Kier alpha value is -3.67. The number of rotatable bonds is 7. The first-order valence-electron chi connectivity index (χ1n) is 13.2. The summed E-state index contributed by atoms with van der Waals surface area (Å²) in [5.74, 6) is 1.13. The third kappa shape index (κ3) is 5.68. The van der Waals surface area contributed by atoms with Crippen LogP contribution in [0.15, 0.2) is 54.7 Å². The molecule has 1 N–H and O–H groups in total. The van der Waals surface area contributed by atoms with Crippen LogP contribution in [0.3, 0.4) is 0 Å². The van der Waals surface area contributed by atoms with Gasteiger partial charge in [0.15, 0.2) is 0 Å². The highest BCUT2D eigenvalue weighted by atomic mass is 16.5. The second kappa shape index (κ2) is 10.8. The third-order valence-electron chi connectivity index (χ3n) is 7.38. The maximum Gasteiger partial charge on any atom is 0.227 e. The van der Waals surface area contributed by atoms with E-state index in [1.165, 1.54) is 18.5 Å². The maximum absolute atomic E-state index is 9.72. The molecule has 2 saturated heterocycles. The normalized spacial score (nSPS) is 18.8. The van der Waals surface area contributed by atoms with Crippen molar-refractivity contribution in [2.24, 2.45) is 0 Å². The summed E-state index contributed by atoms with van der Waals surface area (Å²) >= 11 is 0. The van der Waals surface area contributed by atoms with E-state index in [1.807, 2.05) is 24.3 Å². The van der Waals surface area contributed by atoms with Crippen molar-refractivity contribution in [2.75, 3.05) is 49.6 Å². The topological polar surface area (TPSA) is 86.5 Å². The predicted molar refractivity (Wildman–Crippen MR) is 143 cm³/mol. The van der Waals surface area contributed by atoms with Crippen molar-refractivity contribution < 1.29 is 9.47 Å². The molecule has 0 atom stereocenters. The van der Waals surface area contributed by atoms with E-state index in [9.17, 15) is 5.26 Å². The van der Waals surface area contributed by atoms with Gasteiger partial charge in [0.25, 0.3) is 0 Å². The zero-order valence-corrected chi connectivity index (χ0v) is 21.0. The Labute approximate surface area is 217 Å². The molecule has 0 unspecified atom stereocenters. The van der Waals surface area contributed by atoms with Gasteiger partial charge in [-0.05, 0) is 61.4 Å². The first kappa shape index (κ1) is 23.7. The van der Waals surface area contributed by atoms with Crippen LogP contribution >= 0.6 is 0 Å². The molecule has 0 spiro atoms. The van der Waals surface area contributed by atoms with Crippen LogP contribution in [0.5, 0.6) is 5.75 Å². The Morgan fingerprint density at radius 2 is 1.73 bits per heavy atom. The lowest BCUT2D eigenvalue weighted by Gasteiger charge is -2.36. The van der Waals surface area contributed by atoms with E-state index in [-0.39, 0.29) is 6.10 Å². The Kier molecular flexibility index (Phi) is 6.89. The summed E-state index contributed by atoms with van der Waals surface area (Å²) in [6.07, 6.45) is 6.24. The van der Waals surface area contributed by atoms with Crippen LogP contribution in [0.25, 0.3) is 11.3 Å². The van der Waals surface area contributed by atoms with Crippen molar-refractivity contribution in [3.63, 3.8) is 0 Å². The molecule has 2 aliphatic heterocycles. The molecule has 1 aromatic heterocycles. The molecular weight excluding hydrogens is 464 g/mol. The Morgan fingerprint density at radius 1 is 0.946 bits per heavy atom. The van der Waals surface area contributed by atoms with E-state index >= 15 is 0 Å². The number of hydrogen-bond donors (Lipinski definition) is 1. The SMILES string of the molecule is N#Cc1cc(-c2ccnc(Nc3ccc(N4CCN(C5CC5)CC4)cc3)n2)ccc1OC1CCOCC1. The predicted octanol–water partition coefficient (Wildman–Crippen LogP) is 4.60. The largest absolute Gasteiger partial charge is 0.489 e. The standard InChI is InChI=1S/C29H32N6O2/c30-20-22-19-21(1-8-28(22)37-26-10-17-36-18-11-26)27-9-12-31-29(33-27)32-23-2-4-24(5-3-23)34-13-15-35(16-14-34)25-6-7-25/h1-5,8-9,12,19,25-26H,6-7,10-11,13-18H2,(H,31,32,33). The van der Waals surface area contributed by atoms with Crippen molar-refractivity contribution in [1.29, 1.82) is 5.26 Å². The fourth-order valence-electron chi connectivity index (χ4n) is 5.10. The summed E-state index contributed by atoms with van der Waals surface area (Å²) in [6, 6.07) is 19.1. The fourth-order valence-corrected chi connectivity index (χ4v) is 5.10. The Balaban J connectivity index is 1.11. The molecule has 2 aromatic carbocycles. The van der Waals surface area contributed by atoms with Gasteiger partial charge in [-0.15, -0.1) is 0 Å². The van der Waals surface area contributed by atoms with Crippen LogP contribution in [-0.2, 0) is 4.74 Å². The van der Waals surface area contributed by atoms with Crippen LogP contribution < -0.4 is 15.0 Å². The number of nitrogens with one attached hydrogen (secondary N) is 1. The van der Waals surface area contributed by atoms with Gasteiger partial charge in [0, 0.05) is 68.2 Å². The minimum atomic E-state index is 0.0836. The quantitative estimate of drug-likeness (QED) is 0.508. The average molecular weight is 497 g/mol. The van der Waals surface area contributed by atoms with E-state index in [4.69, 9.17) is 14.5 Å². The third-order valence-corrected chi connectivity index (χ3v) is 7.38. The molecule has 190 valence electrons. The molecule has 0 radical (unpaired) electrons. The number of nitrogens with zero attached hydrogens (tertiary/aromatic N) is 5. The van der Waals surface area contributed by atoms with Crippen LogP contribution in [0.1, 0.15) is 31.2 Å². The van der Waals surface area contributed by atoms with Gasteiger partial charge in [-0.25, -0.2) is 9.97 Å². The first-order valence-corrected chi connectivity index (χ1v) is 13.2. The maximum atomic E-state index is 9.72. The second-order valence-electron chi connectivity index (χ2n) is 9.94. The van der Waals surface area contributed by atoms with Crippen molar-refractivity contribution in [3.8, 4) is 23.1 Å². The Morgan fingerprint density at radius 3 is 2.46 bits per heavy atom. The minimum Gasteiger partial charge on any atom is -0.489 e. The average Bonchev–Trinajstić information content (AvgIpc) is 3.80. The summed E-state index contributed by atoms with van der Waals surface area (Å²) in [5.41, 5.74) is 4.29. The number of aromatic nitrogens is 2. The number of nitriles is 1. The number of benzene rings is 2. The number of ether oxygens (including phenoxy) is 2. The van der Waals surface area contributed by atoms with Gasteiger partial charge in [-0.1, -0.05) is 0 Å². The van der Waals surface area contributed by atoms with E-state index in [0.29, 0.717) is 30.5 Å². The smallest absolute Gasteiger partial charge is 0.227 e. The molecule has 1 aliphatic carbocycles. The van der Waals surface area contributed by atoms with Gasteiger partial charge in [0.1, 0.15) is 17.9 Å². The zero-order chi connectivity index (χ0) is 25.0. The van der Waals surface area contributed by atoms with Gasteiger partial charge in [0.2, 0.25) is 5.95 Å². The van der Waals surface area contributed by atoms with E-state index in [1.54, 1.807) is 6.20 Å². The van der Waals surface area contributed by atoms with Crippen molar-refractivity contribution in [3.05, 3.63) is 60.3 Å². The van der Waals surface area contributed by atoms with Crippen molar-refractivity contribution in [2.45, 2.75) is 37.8 Å². The molecule has 6 rings (SSSR count). The van der Waals surface area contributed by atoms with E-state index < -0.39 is 0 Å². The highest BCUT2D eigenvalue weighted by molar-refractivity contribution is 5.66. The van der Waals surface area contributed by atoms with Gasteiger partial charge in [0.05, 0.1) is 24.5 Å². The molecule has 3 aliphatic rings. The van der Waals surface area contributed by atoms with Gasteiger partial charge in [-0.2, -0.15) is 5.26 Å². The first-order chi connectivity index (χ1) is 18.2. The number of hydrogen-bond acceptors (Lipinski definition) is 8. The summed E-state index contributed by atoms with van der Waals surface area (Å²) in [5, 5.41) is 13.0. The van der Waals surface area contributed by atoms with Crippen LogP contribution in [0, 0.1) is 11.3 Å². The summed E-state index contributed by atoms with van der Waals surface area (Å²) in [6.45, 7) is 5.86. The molecule has 8 nitrogen and oxygen atoms in total. The van der Waals surface area contributed by atoms with Gasteiger partial charge in [-0.3, -0.25) is 4.90 Å². The van der Waals surface area contributed by atoms with Gasteiger partial charge >= 0.3 is 0 Å². The second-order valence-corrected chi connectivity index (χ2v) is 9.94. The molecule has 8 heteroatoms. The van der Waals surface area contributed by atoms with Crippen LogP contribution in [0.2, 0.25) is 0 Å². The zero-order valence-electron chi connectivity index (χ0n) is 21.0. The van der Waals surface area contributed by atoms with E-state index in [0.717, 1.165) is 62.0 Å². The highest BCUT2D eigenvalue weighted by Gasteiger charge is 2.31. The number of anilines is 3. The fraction of sp³-hybridized carbons (Fsp3) is 0.414. The van der Waals surface area contributed by atoms with Crippen LogP contribution in [-0.4, -0.2) is 66.4 Å². The highest BCUT2D eigenvalue weighted by Crippen LogP contribution is 2.30.